The average molecular weight is 429 g/mol. The molecule has 5 rings (SSSR count). The van der Waals surface area contributed by atoms with E-state index in [9.17, 15) is 4.79 Å². The van der Waals surface area contributed by atoms with E-state index < -0.39 is 5.91 Å². The van der Waals surface area contributed by atoms with Gasteiger partial charge in [0.2, 0.25) is 11.5 Å². The van der Waals surface area contributed by atoms with Crippen molar-refractivity contribution >= 4 is 45.7 Å². The fraction of sp³-hybridized carbons (Fsp3) is 0.217. The second kappa shape index (κ2) is 7.83. The van der Waals surface area contributed by atoms with Gasteiger partial charge in [0, 0.05) is 46.2 Å². The summed E-state index contributed by atoms with van der Waals surface area (Å²) in [6.07, 6.45) is 3.47. The van der Waals surface area contributed by atoms with Gasteiger partial charge in [-0.2, -0.15) is 0 Å². The van der Waals surface area contributed by atoms with Crippen LogP contribution in [0.4, 0.5) is 11.7 Å². The summed E-state index contributed by atoms with van der Waals surface area (Å²) in [5.41, 5.74) is 9.07. The molecule has 1 aliphatic rings. The minimum absolute atomic E-state index is 0.154. The normalized spacial score (nSPS) is 14.8. The Balaban J connectivity index is 1.82. The second-order valence-electron chi connectivity index (χ2n) is 7.53. The molecule has 3 aromatic heterocycles. The van der Waals surface area contributed by atoms with E-state index in [1.54, 1.807) is 13.0 Å². The molecule has 1 saturated heterocycles. The number of aromatic amines is 1. The highest BCUT2D eigenvalue weighted by Gasteiger charge is 2.29. The quantitative estimate of drug-likeness (QED) is 0.478. The smallest absolute Gasteiger partial charge is 0.385 e. The third-order valence-corrected chi connectivity index (χ3v) is 5.55. The zero-order valence-corrected chi connectivity index (χ0v) is 17.5. The summed E-state index contributed by atoms with van der Waals surface area (Å²) in [6, 6.07) is 7.90. The van der Waals surface area contributed by atoms with Crippen LogP contribution in [0.1, 0.15) is 12.5 Å². The Kier molecular flexibility index (Phi) is 4.84. The first kappa shape index (κ1) is 19.8. The number of H-pyrrole nitrogens is 1. The van der Waals surface area contributed by atoms with Crippen LogP contribution in [0, 0.1) is 6.57 Å². The Bertz CT molecular complexity index is 1420. The Morgan fingerprint density at radius 2 is 2.09 bits per heavy atom. The van der Waals surface area contributed by atoms with E-state index in [1.165, 1.54) is 0 Å². The Morgan fingerprint density at radius 3 is 2.84 bits per heavy atom. The van der Waals surface area contributed by atoms with Gasteiger partial charge in [-0.05, 0) is 25.1 Å². The van der Waals surface area contributed by atoms with Crippen LogP contribution < -0.4 is 10.6 Å². The van der Waals surface area contributed by atoms with Crippen LogP contribution in [0.25, 0.3) is 44.3 Å². The number of anilines is 1. The Hall–Kier alpha value is -4.16. The number of amides is 1. The lowest BCUT2D eigenvalue weighted by Crippen LogP contribution is -2.37. The summed E-state index contributed by atoms with van der Waals surface area (Å²) in [5, 5.41) is 0.998. The van der Waals surface area contributed by atoms with Gasteiger partial charge < -0.3 is 24.8 Å². The lowest BCUT2D eigenvalue weighted by atomic mass is 10.1. The Morgan fingerprint density at radius 1 is 1.28 bits per heavy atom. The molecule has 0 radical (unpaired) electrons. The van der Waals surface area contributed by atoms with Crippen LogP contribution in [0.15, 0.2) is 40.5 Å². The predicted octanol–water partition coefficient (Wildman–Crippen LogP) is 3.69. The van der Waals surface area contributed by atoms with Crippen LogP contribution >= 0.6 is 0 Å². The van der Waals surface area contributed by atoms with Crippen LogP contribution in [0.2, 0.25) is 0 Å². The number of primary amides is 1. The van der Waals surface area contributed by atoms with Crippen molar-refractivity contribution in [2.24, 2.45) is 5.73 Å². The standard InChI is InChI=1S/C23H20N6O3/c1-13(20(24)30)12-16-18-19(32-23(16)25-2)22(29-8-10-31-11-9-29)28-21(27-18)15-4-3-5-17-14(15)6-7-26-17/h2-7,12H,8-11H2,1H3,(H2-,24,26,27,28,30)/p+1. The maximum atomic E-state index is 11.7. The number of ether oxygens (including phenoxy) is 1. The first-order valence-electron chi connectivity index (χ1n) is 10.2. The number of rotatable bonds is 4. The highest BCUT2D eigenvalue weighted by molar-refractivity contribution is 6.03. The first-order valence-corrected chi connectivity index (χ1v) is 10.2. The van der Waals surface area contributed by atoms with Crippen LogP contribution in [0.3, 0.4) is 0 Å². The molecule has 3 N–H and O–H groups in total. The number of aromatic nitrogens is 3. The van der Waals surface area contributed by atoms with Gasteiger partial charge in [0.1, 0.15) is 11.1 Å². The van der Waals surface area contributed by atoms with Crippen molar-refractivity contribution in [3.05, 3.63) is 46.4 Å². The molecule has 1 amide bonds. The van der Waals surface area contributed by atoms with Gasteiger partial charge in [0.05, 0.1) is 13.2 Å². The fourth-order valence-corrected chi connectivity index (χ4v) is 3.87. The van der Waals surface area contributed by atoms with Crippen LogP contribution in [0.5, 0.6) is 0 Å². The molecule has 1 aromatic carbocycles. The summed E-state index contributed by atoms with van der Waals surface area (Å²) in [5.74, 6) is 0.755. The van der Waals surface area contributed by atoms with Gasteiger partial charge in [-0.1, -0.05) is 12.1 Å². The first-order chi connectivity index (χ1) is 15.6. The van der Waals surface area contributed by atoms with Gasteiger partial charge in [-0.3, -0.25) is 4.79 Å². The summed E-state index contributed by atoms with van der Waals surface area (Å²) in [7, 11) is 0. The molecule has 1 fully saturated rings. The maximum absolute atomic E-state index is 11.7. The number of carbonyl (C=O) groups is 1. The van der Waals surface area contributed by atoms with Crippen molar-refractivity contribution in [2.75, 3.05) is 31.2 Å². The van der Waals surface area contributed by atoms with E-state index in [1.807, 2.05) is 30.5 Å². The van der Waals surface area contributed by atoms with E-state index in [4.69, 9.17) is 31.4 Å². The van der Waals surface area contributed by atoms with Crippen molar-refractivity contribution in [3.63, 3.8) is 0 Å². The molecular formula is C23H21N6O3+. The molecule has 0 atom stereocenters. The highest BCUT2D eigenvalue weighted by atomic mass is 16.5. The number of hydrogen-bond donors (Lipinski definition) is 2. The number of nitrogens with one attached hydrogen (secondary N) is 1. The van der Waals surface area contributed by atoms with E-state index in [0.717, 1.165) is 16.5 Å². The highest BCUT2D eigenvalue weighted by Crippen LogP contribution is 2.39. The number of nitrogens with two attached hydrogens (primary N) is 1. The second-order valence-corrected chi connectivity index (χ2v) is 7.53. The number of furan rings is 1. The lowest BCUT2D eigenvalue weighted by molar-refractivity contribution is -0.114. The topological polar surface area (TPSA) is 115 Å². The van der Waals surface area contributed by atoms with E-state index in [-0.39, 0.29) is 5.88 Å². The molecule has 0 saturated carbocycles. The number of morpholine rings is 1. The van der Waals surface area contributed by atoms with Crippen LogP contribution in [-0.2, 0) is 9.53 Å². The number of benzene rings is 1. The lowest BCUT2D eigenvalue weighted by Gasteiger charge is -2.27. The van der Waals surface area contributed by atoms with Gasteiger partial charge in [-0.15, -0.1) is 0 Å². The van der Waals surface area contributed by atoms with Crippen molar-refractivity contribution < 1.29 is 13.9 Å². The summed E-state index contributed by atoms with van der Waals surface area (Å²) in [4.78, 5) is 30.5. The number of fused-ring (bicyclic) bond motifs is 2. The molecule has 32 heavy (non-hydrogen) atoms. The van der Waals surface area contributed by atoms with E-state index in [0.29, 0.717) is 60.2 Å². The zero-order chi connectivity index (χ0) is 22.2. The van der Waals surface area contributed by atoms with Crippen molar-refractivity contribution in [1.82, 2.24) is 15.0 Å². The SMILES string of the molecule is C#[N+]c1oc2c(N3CCOCC3)nc(-c3cccc4[nH]ccc34)nc2c1C=C(C)C(N)=O. The van der Waals surface area contributed by atoms with Gasteiger partial charge in [-0.25, -0.2) is 9.97 Å². The number of carbonyl (C=O) groups excluding carboxylic acids is 1. The molecule has 0 aliphatic carbocycles. The van der Waals surface area contributed by atoms with Crippen molar-refractivity contribution in [3.8, 4) is 18.0 Å². The molecular weight excluding hydrogens is 408 g/mol. The van der Waals surface area contributed by atoms with Gasteiger partial charge in [0.25, 0.3) is 6.57 Å². The predicted molar refractivity (Wildman–Crippen MR) is 123 cm³/mol. The molecule has 9 nitrogen and oxygen atoms in total. The summed E-state index contributed by atoms with van der Waals surface area (Å²) >= 11 is 0. The minimum Gasteiger partial charge on any atom is -0.385 e. The summed E-state index contributed by atoms with van der Waals surface area (Å²) < 4.78 is 11.5. The third kappa shape index (κ3) is 3.27. The summed E-state index contributed by atoms with van der Waals surface area (Å²) in [6.45, 7) is 9.69. The molecule has 4 heterocycles. The Labute approximate surface area is 183 Å². The van der Waals surface area contributed by atoms with Crippen LogP contribution in [-0.4, -0.2) is 47.2 Å². The van der Waals surface area contributed by atoms with E-state index >= 15 is 0 Å². The zero-order valence-electron chi connectivity index (χ0n) is 17.5. The monoisotopic (exact) mass is 429 g/mol. The van der Waals surface area contributed by atoms with Gasteiger partial charge in [0.15, 0.2) is 11.6 Å². The molecule has 1 aliphatic heterocycles. The molecule has 0 bridgehead atoms. The number of nitrogens with zero attached hydrogens (tertiary/aromatic N) is 4. The minimum atomic E-state index is -0.554. The largest absolute Gasteiger partial charge is 0.515 e. The van der Waals surface area contributed by atoms with E-state index in [2.05, 4.69) is 14.7 Å². The molecule has 0 spiro atoms. The molecule has 9 heteroatoms. The van der Waals surface area contributed by atoms with Crippen molar-refractivity contribution in [1.29, 1.82) is 0 Å². The molecule has 0 unspecified atom stereocenters. The third-order valence-electron chi connectivity index (χ3n) is 5.55. The fourth-order valence-electron chi connectivity index (χ4n) is 3.87. The van der Waals surface area contributed by atoms with Gasteiger partial charge >= 0.3 is 5.88 Å². The number of hydrogen-bond acceptors (Lipinski definition) is 6. The molecule has 4 aromatic rings. The molecule has 160 valence electrons. The maximum Gasteiger partial charge on any atom is 0.515 e. The average Bonchev–Trinajstić information content (AvgIpc) is 3.43. The van der Waals surface area contributed by atoms with Crippen molar-refractivity contribution in [2.45, 2.75) is 6.92 Å².